The number of carbonyl (C=O) groups excluding carboxylic acids is 1. The maximum atomic E-state index is 12.5. The van der Waals surface area contributed by atoms with Crippen molar-refractivity contribution in [2.75, 3.05) is 26.3 Å². The van der Waals surface area contributed by atoms with Crippen LogP contribution in [0.3, 0.4) is 0 Å². The number of likely N-dealkylation sites (tertiary alicyclic amines) is 1. The van der Waals surface area contributed by atoms with Gasteiger partial charge in [-0.2, -0.15) is 0 Å². The molecular formula is C16H24N2O3. The molecule has 5 heteroatoms. The lowest BCUT2D eigenvalue weighted by molar-refractivity contribution is 0.0471. The van der Waals surface area contributed by atoms with Crippen LogP contribution in [0.5, 0.6) is 0 Å². The van der Waals surface area contributed by atoms with Crippen LogP contribution in [0.15, 0.2) is 10.6 Å². The molecule has 1 amide bonds. The molecule has 1 aromatic rings. The number of hydrogen-bond acceptors (Lipinski definition) is 4. The first-order valence-electron chi connectivity index (χ1n) is 7.98. The summed E-state index contributed by atoms with van der Waals surface area (Å²) in [4.78, 5) is 14.4. The zero-order valence-electron chi connectivity index (χ0n) is 12.9. The highest BCUT2D eigenvalue weighted by atomic mass is 16.5. The molecular weight excluding hydrogens is 268 g/mol. The van der Waals surface area contributed by atoms with Crippen molar-refractivity contribution in [3.63, 3.8) is 0 Å². The average Bonchev–Trinajstić information content (AvgIpc) is 3.17. The molecule has 0 bridgehead atoms. The largest absolute Gasteiger partial charge is 0.381 e. The highest BCUT2D eigenvalue weighted by Gasteiger charge is 2.33. The molecule has 3 heterocycles. The highest BCUT2D eigenvalue weighted by Crippen LogP contribution is 2.31. The summed E-state index contributed by atoms with van der Waals surface area (Å²) in [6, 6.07) is 1.79. The monoisotopic (exact) mass is 292 g/mol. The van der Waals surface area contributed by atoms with Gasteiger partial charge < -0.3 is 14.2 Å². The van der Waals surface area contributed by atoms with Gasteiger partial charge in [-0.15, -0.1) is 0 Å². The van der Waals surface area contributed by atoms with Crippen molar-refractivity contribution in [2.24, 2.45) is 11.8 Å². The lowest BCUT2D eigenvalue weighted by atomic mass is 9.85. The lowest BCUT2D eigenvalue weighted by Crippen LogP contribution is -2.31. The van der Waals surface area contributed by atoms with Crippen molar-refractivity contribution in [3.05, 3.63) is 17.5 Å². The van der Waals surface area contributed by atoms with E-state index in [-0.39, 0.29) is 11.8 Å². The lowest BCUT2D eigenvalue weighted by Gasteiger charge is -2.27. The number of aromatic nitrogens is 1. The second-order valence-electron chi connectivity index (χ2n) is 6.52. The predicted molar refractivity (Wildman–Crippen MR) is 78.1 cm³/mol. The number of amides is 1. The second-order valence-corrected chi connectivity index (χ2v) is 6.52. The summed E-state index contributed by atoms with van der Waals surface area (Å²) >= 11 is 0. The van der Waals surface area contributed by atoms with Crippen molar-refractivity contribution in [1.82, 2.24) is 10.1 Å². The van der Waals surface area contributed by atoms with E-state index in [1.54, 1.807) is 6.07 Å². The zero-order chi connectivity index (χ0) is 14.8. The van der Waals surface area contributed by atoms with E-state index >= 15 is 0 Å². The minimum atomic E-state index is 0.0141. The molecule has 5 nitrogen and oxygen atoms in total. The van der Waals surface area contributed by atoms with Gasteiger partial charge in [-0.3, -0.25) is 4.79 Å². The third kappa shape index (κ3) is 3.12. The Morgan fingerprint density at radius 1 is 1.29 bits per heavy atom. The summed E-state index contributed by atoms with van der Waals surface area (Å²) in [7, 11) is 0. The first kappa shape index (κ1) is 14.6. The van der Waals surface area contributed by atoms with Crippen LogP contribution in [0.1, 0.15) is 55.3 Å². The first-order valence-corrected chi connectivity index (χ1v) is 7.98. The Hall–Kier alpha value is -1.36. The minimum absolute atomic E-state index is 0.0141. The van der Waals surface area contributed by atoms with Gasteiger partial charge in [-0.1, -0.05) is 19.0 Å². The fourth-order valence-electron chi connectivity index (χ4n) is 3.37. The SMILES string of the molecule is CC(C)c1cc(C(=O)N2CCC(C3CCOCC3)C2)no1. The van der Waals surface area contributed by atoms with E-state index in [0.717, 1.165) is 51.3 Å². The molecule has 2 aliphatic heterocycles. The Bertz CT molecular complexity index is 491. The summed E-state index contributed by atoms with van der Waals surface area (Å²) in [5, 5.41) is 3.93. The summed E-state index contributed by atoms with van der Waals surface area (Å²) < 4.78 is 10.7. The minimum Gasteiger partial charge on any atom is -0.381 e. The molecule has 0 aliphatic carbocycles. The van der Waals surface area contributed by atoms with Crippen molar-refractivity contribution >= 4 is 5.91 Å². The third-order valence-electron chi connectivity index (χ3n) is 4.76. The van der Waals surface area contributed by atoms with Gasteiger partial charge in [0.1, 0.15) is 5.76 Å². The molecule has 2 fully saturated rings. The van der Waals surface area contributed by atoms with Crippen LogP contribution in [0, 0.1) is 11.8 Å². The van der Waals surface area contributed by atoms with E-state index in [1.165, 1.54) is 0 Å². The van der Waals surface area contributed by atoms with Crippen LogP contribution in [0.4, 0.5) is 0 Å². The van der Waals surface area contributed by atoms with Crippen molar-refractivity contribution in [1.29, 1.82) is 0 Å². The van der Waals surface area contributed by atoms with Crippen LogP contribution < -0.4 is 0 Å². The summed E-state index contributed by atoms with van der Waals surface area (Å²) in [5.74, 6) is 2.38. The second kappa shape index (κ2) is 6.18. The first-order chi connectivity index (χ1) is 10.1. The van der Waals surface area contributed by atoms with E-state index in [0.29, 0.717) is 17.5 Å². The molecule has 0 saturated carbocycles. The molecule has 21 heavy (non-hydrogen) atoms. The van der Waals surface area contributed by atoms with Gasteiger partial charge >= 0.3 is 0 Å². The predicted octanol–water partition coefficient (Wildman–Crippen LogP) is 2.69. The molecule has 3 rings (SSSR count). The Morgan fingerprint density at radius 3 is 2.71 bits per heavy atom. The Kier molecular flexibility index (Phi) is 4.29. The molecule has 0 radical (unpaired) electrons. The van der Waals surface area contributed by atoms with Crippen LogP contribution in [0.25, 0.3) is 0 Å². The van der Waals surface area contributed by atoms with Gasteiger partial charge in [-0.05, 0) is 31.1 Å². The average molecular weight is 292 g/mol. The van der Waals surface area contributed by atoms with Crippen LogP contribution >= 0.6 is 0 Å². The summed E-state index contributed by atoms with van der Waals surface area (Å²) in [6.45, 7) is 7.50. The Balaban J connectivity index is 1.60. The van der Waals surface area contributed by atoms with Crippen molar-refractivity contribution in [3.8, 4) is 0 Å². The van der Waals surface area contributed by atoms with Gasteiger partial charge in [0.15, 0.2) is 5.69 Å². The van der Waals surface area contributed by atoms with Crippen molar-refractivity contribution in [2.45, 2.75) is 39.0 Å². The van der Waals surface area contributed by atoms with Gasteiger partial charge in [-0.25, -0.2) is 0 Å². The van der Waals surface area contributed by atoms with Crippen LogP contribution in [0.2, 0.25) is 0 Å². The fourth-order valence-corrected chi connectivity index (χ4v) is 3.37. The highest BCUT2D eigenvalue weighted by molar-refractivity contribution is 5.92. The molecule has 1 aromatic heterocycles. The quantitative estimate of drug-likeness (QED) is 0.859. The van der Waals surface area contributed by atoms with Gasteiger partial charge in [0.2, 0.25) is 0 Å². The molecule has 0 N–H and O–H groups in total. The van der Waals surface area contributed by atoms with Crippen LogP contribution in [-0.2, 0) is 4.74 Å². The van der Waals surface area contributed by atoms with Gasteiger partial charge in [0, 0.05) is 38.3 Å². The number of ether oxygens (including phenoxy) is 1. The maximum absolute atomic E-state index is 12.5. The normalized spacial score (nSPS) is 24.0. The summed E-state index contributed by atoms with van der Waals surface area (Å²) in [5.41, 5.74) is 0.450. The zero-order valence-corrected chi connectivity index (χ0v) is 12.9. The summed E-state index contributed by atoms with van der Waals surface area (Å²) in [6.07, 6.45) is 3.37. The molecule has 2 aliphatic rings. The Labute approximate surface area is 125 Å². The fraction of sp³-hybridized carbons (Fsp3) is 0.750. The number of rotatable bonds is 3. The number of carbonyl (C=O) groups is 1. The molecule has 116 valence electrons. The van der Waals surface area contributed by atoms with Crippen molar-refractivity contribution < 1.29 is 14.1 Å². The van der Waals surface area contributed by atoms with Gasteiger partial charge in [0.05, 0.1) is 0 Å². The standard InChI is InChI=1S/C16H24N2O3/c1-11(2)15-9-14(17-21-15)16(19)18-6-3-13(10-18)12-4-7-20-8-5-12/h9,11-13H,3-8,10H2,1-2H3. The van der Waals surface area contributed by atoms with E-state index in [4.69, 9.17) is 9.26 Å². The smallest absolute Gasteiger partial charge is 0.276 e. The molecule has 0 spiro atoms. The van der Waals surface area contributed by atoms with E-state index in [1.807, 2.05) is 18.7 Å². The topological polar surface area (TPSA) is 55.6 Å². The Morgan fingerprint density at radius 2 is 2.05 bits per heavy atom. The van der Waals surface area contributed by atoms with E-state index < -0.39 is 0 Å². The molecule has 1 unspecified atom stereocenters. The van der Waals surface area contributed by atoms with Crippen LogP contribution in [-0.4, -0.2) is 42.3 Å². The van der Waals surface area contributed by atoms with Gasteiger partial charge in [0.25, 0.3) is 5.91 Å². The van der Waals surface area contributed by atoms with E-state index in [2.05, 4.69) is 5.16 Å². The molecule has 1 atom stereocenters. The third-order valence-corrected chi connectivity index (χ3v) is 4.76. The maximum Gasteiger partial charge on any atom is 0.276 e. The molecule has 0 aromatic carbocycles. The molecule has 2 saturated heterocycles. The van der Waals surface area contributed by atoms with E-state index in [9.17, 15) is 4.79 Å². The number of nitrogens with zero attached hydrogens (tertiary/aromatic N) is 2. The number of hydrogen-bond donors (Lipinski definition) is 0.